The van der Waals surface area contributed by atoms with Gasteiger partial charge >= 0.3 is 0 Å². The van der Waals surface area contributed by atoms with E-state index in [1.165, 1.54) is 19.3 Å². The van der Waals surface area contributed by atoms with E-state index in [1.807, 2.05) is 6.92 Å². The molecule has 0 heterocycles. The van der Waals surface area contributed by atoms with Crippen molar-refractivity contribution in [3.05, 3.63) is 0 Å². The van der Waals surface area contributed by atoms with Crippen molar-refractivity contribution in [3.8, 4) is 0 Å². The van der Waals surface area contributed by atoms with Crippen LogP contribution < -0.4 is 0 Å². The second-order valence-electron chi connectivity index (χ2n) is 10.2. The molecule has 4 aliphatic rings. The summed E-state index contributed by atoms with van der Waals surface area (Å²) in [6.45, 7) is 6.70. The quantitative estimate of drug-likeness (QED) is 0.688. The summed E-state index contributed by atoms with van der Waals surface area (Å²) in [4.78, 5) is 0. The van der Waals surface area contributed by atoms with Crippen molar-refractivity contribution >= 4 is 0 Å². The maximum Gasteiger partial charge on any atom is 0.0581 e. The minimum Gasteiger partial charge on any atom is -0.393 e. The highest BCUT2D eigenvalue weighted by Crippen LogP contribution is 2.67. The van der Waals surface area contributed by atoms with Gasteiger partial charge in [0.2, 0.25) is 0 Å². The fourth-order valence-electron chi connectivity index (χ4n) is 8.19. The molecule has 10 atom stereocenters. The zero-order valence-corrected chi connectivity index (χ0v) is 15.6. The van der Waals surface area contributed by atoms with Gasteiger partial charge in [0.05, 0.1) is 18.3 Å². The zero-order valence-electron chi connectivity index (χ0n) is 15.6. The first-order chi connectivity index (χ1) is 11.3. The number of rotatable bonds is 1. The summed E-state index contributed by atoms with van der Waals surface area (Å²) >= 11 is 0. The van der Waals surface area contributed by atoms with Crippen molar-refractivity contribution in [2.75, 3.05) is 0 Å². The van der Waals surface area contributed by atoms with E-state index in [-0.39, 0.29) is 29.1 Å². The molecule has 1 unspecified atom stereocenters. The molecule has 138 valence electrons. The van der Waals surface area contributed by atoms with Crippen molar-refractivity contribution in [1.82, 2.24) is 0 Å². The molecule has 24 heavy (non-hydrogen) atoms. The van der Waals surface area contributed by atoms with E-state index < -0.39 is 0 Å². The van der Waals surface area contributed by atoms with Gasteiger partial charge in [0, 0.05) is 0 Å². The number of hydrogen-bond acceptors (Lipinski definition) is 3. The van der Waals surface area contributed by atoms with E-state index in [9.17, 15) is 15.3 Å². The SMILES string of the molecule is C[C@H](O)[C@H]1CC[C@H]2[C@@H]3CCC4C[C@H](O)CC[C@]4(C)[C@H]3[C@@H](O)C[C@]12C. The highest BCUT2D eigenvalue weighted by atomic mass is 16.3. The highest BCUT2D eigenvalue weighted by molar-refractivity contribution is 5.12. The van der Waals surface area contributed by atoms with Gasteiger partial charge in [-0.3, -0.25) is 0 Å². The molecule has 3 N–H and O–H groups in total. The molecule has 0 amide bonds. The number of hydrogen-bond donors (Lipinski definition) is 3. The summed E-state index contributed by atoms with van der Waals surface area (Å²) in [5, 5.41) is 31.7. The van der Waals surface area contributed by atoms with Crippen molar-refractivity contribution < 1.29 is 15.3 Å². The third-order valence-electron chi connectivity index (χ3n) is 9.22. The Balaban J connectivity index is 1.66. The molecule has 4 saturated carbocycles. The molecular formula is C21H36O3. The normalized spacial score (nSPS) is 58.5. The van der Waals surface area contributed by atoms with Crippen LogP contribution in [0.25, 0.3) is 0 Å². The summed E-state index contributed by atoms with van der Waals surface area (Å²) in [6, 6.07) is 0. The zero-order chi connectivity index (χ0) is 17.3. The summed E-state index contributed by atoms with van der Waals surface area (Å²) in [6.07, 6.45) is 7.91. The third-order valence-corrected chi connectivity index (χ3v) is 9.22. The van der Waals surface area contributed by atoms with Crippen LogP contribution in [-0.2, 0) is 0 Å². The molecule has 0 bridgehead atoms. The van der Waals surface area contributed by atoms with Crippen LogP contribution in [0.2, 0.25) is 0 Å². The van der Waals surface area contributed by atoms with Crippen LogP contribution in [0.15, 0.2) is 0 Å². The molecule has 3 nitrogen and oxygen atoms in total. The van der Waals surface area contributed by atoms with Gasteiger partial charge in [0.1, 0.15) is 0 Å². The van der Waals surface area contributed by atoms with Crippen LogP contribution >= 0.6 is 0 Å². The van der Waals surface area contributed by atoms with Crippen molar-refractivity contribution in [2.24, 2.45) is 40.4 Å². The predicted molar refractivity (Wildman–Crippen MR) is 94.3 cm³/mol. The Hall–Kier alpha value is -0.120. The summed E-state index contributed by atoms with van der Waals surface area (Å²) < 4.78 is 0. The first-order valence-corrected chi connectivity index (χ1v) is 10.3. The van der Waals surface area contributed by atoms with Gasteiger partial charge in [-0.1, -0.05) is 13.8 Å². The topological polar surface area (TPSA) is 60.7 Å². The second kappa shape index (κ2) is 5.69. The Morgan fingerprint density at radius 2 is 1.71 bits per heavy atom. The van der Waals surface area contributed by atoms with Crippen LogP contribution in [0.5, 0.6) is 0 Å². The van der Waals surface area contributed by atoms with Crippen LogP contribution in [-0.4, -0.2) is 33.6 Å². The van der Waals surface area contributed by atoms with Gasteiger partial charge in [0.25, 0.3) is 0 Å². The van der Waals surface area contributed by atoms with Crippen molar-refractivity contribution in [2.45, 2.75) is 90.4 Å². The number of aliphatic hydroxyl groups is 3. The van der Waals surface area contributed by atoms with E-state index in [0.29, 0.717) is 29.6 Å². The molecule has 0 aromatic heterocycles. The van der Waals surface area contributed by atoms with Gasteiger partial charge in [-0.05, 0) is 98.7 Å². The lowest BCUT2D eigenvalue weighted by Gasteiger charge is -2.62. The molecule has 4 fully saturated rings. The van der Waals surface area contributed by atoms with Gasteiger partial charge in [-0.15, -0.1) is 0 Å². The Morgan fingerprint density at radius 1 is 0.958 bits per heavy atom. The Morgan fingerprint density at radius 3 is 2.42 bits per heavy atom. The molecule has 3 heteroatoms. The summed E-state index contributed by atoms with van der Waals surface area (Å²) in [5.41, 5.74) is 0.304. The minimum atomic E-state index is -0.263. The van der Waals surface area contributed by atoms with E-state index >= 15 is 0 Å². The molecule has 0 aromatic rings. The highest BCUT2D eigenvalue weighted by Gasteiger charge is 2.63. The average Bonchev–Trinajstić information content (AvgIpc) is 2.84. The van der Waals surface area contributed by atoms with Crippen molar-refractivity contribution in [1.29, 1.82) is 0 Å². The van der Waals surface area contributed by atoms with Crippen LogP contribution in [0.4, 0.5) is 0 Å². The first-order valence-electron chi connectivity index (χ1n) is 10.3. The fourth-order valence-corrected chi connectivity index (χ4v) is 8.19. The van der Waals surface area contributed by atoms with E-state index in [2.05, 4.69) is 13.8 Å². The van der Waals surface area contributed by atoms with Crippen LogP contribution in [0.1, 0.15) is 72.1 Å². The maximum atomic E-state index is 11.2. The smallest absolute Gasteiger partial charge is 0.0581 e. The van der Waals surface area contributed by atoms with Crippen LogP contribution in [0.3, 0.4) is 0 Å². The lowest BCUT2D eigenvalue weighted by Crippen LogP contribution is -2.59. The van der Waals surface area contributed by atoms with Crippen LogP contribution in [0, 0.1) is 40.4 Å². The molecule has 0 aliphatic heterocycles. The monoisotopic (exact) mass is 336 g/mol. The Labute approximate surface area is 146 Å². The minimum absolute atomic E-state index is 0.103. The van der Waals surface area contributed by atoms with Gasteiger partial charge < -0.3 is 15.3 Å². The standard InChI is InChI=1S/C21H36O3/c1-12(22)16-6-7-17-15-5-4-13-10-14(23)8-9-20(13,2)19(15)18(24)11-21(16,17)3/h12-19,22-24H,4-11H2,1-3H3/t12-,13?,14+,15-,16+,17-,18-,19+,20-,21+/m0/s1. The lowest BCUT2D eigenvalue weighted by atomic mass is 9.44. The third kappa shape index (κ3) is 2.27. The Bertz CT molecular complexity index is 491. The Kier molecular flexibility index (Phi) is 4.10. The number of aliphatic hydroxyl groups excluding tert-OH is 3. The van der Waals surface area contributed by atoms with Gasteiger partial charge in [-0.2, -0.15) is 0 Å². The van der Waals surface area contributed by atoms with Gasteiger partial charge in [0.15, 0.2) is 0 Å². The predicted octanol–water partition coefficient (Wildman–Crippen LogP) is 3.36. The average molecular weight is 337 g/mol. The molecule has 0 radical (unpaired) electrons. The van der Waals surface area contributed by atoms with E-state index in [1.54, 1.807) is 0 Å². The number of fused-ring (bicyclic) bond motifs is 5. The molecule has 4 aliphatic carbocycles. The van der Waals surface area contributed by atoms with E-state index in [4.69, 9.17) is 0 Å². The largest absolute Gasteiger partial charge is 0.393 e. The maximum absolute atomic E-state index is 11.2. The first kappa shape index (κ1) is 17.3. The van der Waals surface area contributed by atoms with Gasteiger partial charge in [-0.25, -0.2) is 0 Å². The summed E-state index contributed by atoms with van der Waals surface area (Å²) in [5.74, 6) is 2.59. The molecule has 0 aromatic carbocycles. The lowest BCUT2D eigenvalue weighted by molar-refractivity contribution is -0.181. The van der Waals surface area contributed by atoms with Crippen molar-refractivity contribution in [3.63, 3.8) is 0 Å². The molecule has 4 rings (SSSR count). The second-order valence-corrected chi connectivity index (χ2v) is 10.2. The fraction of sp³-hybridized carbons (Fsp3) is 1.00. The van der Waals surface area contributed by atoms with E-state index in [0.717, 1.165) is 32.1 Å². The molecule has 0 saturated heterocycles. The summed E-state index contributed by atoms with van der Waals surface area (Å²) in [7, 11) is 0. The molecular weight excluding hydrogens is 300 g/mol. The molecule has 0 spiro atoms.